The summed E-state index contributed by atoms with van der Waals surface area (Å²) in [5.41, 5.74) is 10.6. The van der Waals surface area contributed by atoms with Crippen molar-refractivity contribution in [3.8, 4) is 0 Å². The van der Waals surface area contributed by atoms with Gasteiger partial charge < -0.3 is 11.1 Å². The summed E-state index contributed by atoms with van der Waals surface area (Å²) in [6.45, 7) is 4.93. The summed E-state index contributed by atoms with van der Waals surface area (Å²) in [4.78, 5) is 24.8. The van der Waals surface area contributed by atoms with Gasteiger partial charge in [0.15, 0.2) is 0 Å². The molecular weight excluding hydrogens is 404 g/mol. The molecule has 3 aromatic rings. The molecule has 8 heteroatoms. The summed E-state index contributed by atoms with van der Waals surface area (Å²) in [5, 5.41) is 13.5. The fraction of sp³-hybridized carbons (Fsp3) is 0.250. The van der Waals surface area contributed by atoms with Gasteiger partial charge in [-0.3, -0.25) is 19.3 Å². The van der Waals surface area contributed by atoms with Crippen molar-refractivity contribution in [3.05, 3.63) is 83.2 Å². The maximum absolute atomic E-state index is 12.8. The Balaban J connectivity index is 1.46. The van der Waals surface area contributed by atoms with E-state index in [2.05, 4.69) is 27.6 Å². The maximum atomic E-state index is 12.8. The number of aryl methyl sites for hydroxylation is 1. The number of rotatable bonds is 7. The first kappa shape index (κ1) is 21.3. The van der Waals surface area contributed by atoms with Crippen LogP contribution in [0.1, 0.15) is 28.9 Å². The number of anilines is 1. The summed E-state index contributed by atoms with van der Waals surface area (Å²) in [5.74, 6) is -0.835. The second-order valence-electron chi connectivity index (χ2n) is 7.82. The lowest BCUT2D eigenvalue weighted by molar-refractivity contribution is -0.119. The minimum absolute atomic E-state index is 0.168. The monoisotopic (exact) mass is 430 g/mol. The van der Waals surface area contributed by atoms with E-state index in [9.17, 15) is 9.59 Å². The Hall–Kier alpha value is -3.94. The standard InChI is InChI=1S/C24H26N6O2/c1-16-20(17(2)29(27-16)15-18-9-5-3-6-10-18)14-26-24(32)21-13-22(23(25)31)30(28-21)19-11-7-4-8-12-19/h3-12,22H,13-15H2,1-2H3,(H2,25,31)(H,26,32)/t22-/m0/s1. The third kappa shape index (κ3) is 4.39. The Morgan fingerprint density at radius 2 is 1.72 bits per heavy atom. The summed E-state index contributed by atoms with van der Waals surface area (Å²) in [7, 11) is 0. The van der Waals surface area contributed by atoms with E-state index in [1.165, 1.54) is 5.01 Å². The van der Waals surface area contributed by atoms with Crippen LogP contribution in [0, 0.1) is 13.8 Å². The maximum Gasteiger partial charge on any atom is 0.267 e. The van der Waals surface area contributed by atoms with Crippen molar-refractivity contribution in [3.63, 3.8) is 0 Å². The highest BCUT2D eigenvalue weighted by atomic mass is 16.2. The van der Waals surface area contributed by atoms with Crippen LogP contribution in [-0.2, 0) is 22.7 Å². The first-order valence-corrected chi connectivity index (χ1v) is 10.5. The van der Waals surface area contributed by atoms with E-state index in [1.807, 2.05) is 67.1 Å². The second kappa shape index (κ2) is 9.05. The average molecular weight is 431 g/mol. The average Bonchev–Trinajstić information content (AvgIpc) is 3.36. The van der Waals surface area contributed by atoms with Gasteiger partial charge in [0.25, 0.3) is 5.91 Å². The predicted octanol–water partition coefficient (Wildman–Crippen LogP) is 2.28. The van der Waals surface area contributed by atoms with Gasteiger partial charge in [0.2, 0.25) is 5.91 Å². The largest absolute Gasteiger partial charge is 0.368 e. The number of carbonyl (C=O) groups excluding carboxylic acids is 2. The second-order valence-corrected chi connectivity index (χ2v) is 7.82. The minimum atomic E-state index is -0.685. The van der Waals surface area contributed by atoms with Gasteiger partial charge in [0.05, 0.1) is 17.9 Å². The quantitative estimate of drug-likeness (QED) is 0.600. The third-order valence-electron chi connectivity index (χ3n) is 5.65. The normalized spacial score (nSPS) is 15.5. The highest BCUT2D eigenvalue weighted by Crippen LogP contribution is 2.24. The van der Waals surface area contributed by atoms with Crippen LogP contribution in [0.5, 0.6) is 0 Å². The highest BCUT2D eigenvalue weighted by molar-refractivity contribution is 6.40. The summed E-state index contributed by atoms with van der Waals surface area (Å²) in [6.07, 6.45) is 0.168. The molecule has 8 nitrogen and oxygen atoms in total. The number of nitrogens with one attached hydrogen (secondary N) is 1. The molecule has 0 saturated heterocycles. The van der Waals surface area contributed by atoms with E-state index >= 15 is 0 Å². The van der Waals surface area contributed by atoms with Crippen molar-refractivity contribution in [1.29, 1.82) is 0 Å². The molecule has 0 radical (unpaired) electrons. The molecule has 2 aromatic carbocycles. The molecular formula is C24H26N6O2. The van der Waals surface area contributed by atoms with E-state index in [1.54, 1.807) is 0 Å². The van der Waals surface area contributed by atoms with Gasteiger partial charge in [0.1, 0.15) is 11.8 Å². The van der Waals surface area contributed by atoms with E-state index in [0.29, 0.717) is 18.8 Å². The van der Waals surface area contributed by atoms with Crippen molar-refractivity contribution >= 4 is 23.2 Å². The van der Waals surface area contributed by atoms with Gasteiger partial charge in [-0.25, -0.2) is 0 Å². The zero-order chi connectivity index (χ0) is 22.7. The Kier molecular flexibility index (Phi) is 6.02. The van der Waals surface area contributed by atoms with Gasteiger partial charge in [-0.15, -0.1) is 0 Å². The van der Waals surface area contributed by atoms with E-state index in [0.717, 1.165) is 22.5 Å². The number of benzene rings is 2. The van der Waals surface area contributed by atoms with Crippen LogP contribution >= 0.6 is 0 Å². The number of carbonyl (C=O) groups is 2. The van der Waals surface area contributed by atoms with Crippen LogP contribution in [-0.4, -0.2) is 33.3 Å². The van der Waals surface area contributed by atoms with Crippen molar-refractivity contribution < 1.29 is 9.59 Å². The topological polar surface area (TPSA) is 106 Å². The third-order valence-corrected chi connectivity index (χ3v) is 5.65. The molecule has 2 amide bonds. The Morgan fingerprint density at radius 1 is 1.06 bits per heavy atom. The molecule has 164 valence electrons. The SMILES string of the molecule is Cc1nn(Cc2ccccc2)c(C)c1CNC(=O)C1=NN(c2ccccc2)[C@H](C(N)=O)C1. The predicted molar refractivity (Wildman–Crippen MR) is 123 cm³/mol. The number of para-hydroxylation sites is 1. The molecule has 0 fully saturated rings. The summed E-state index contributed by atoms with van der Waals surface area (Å²) in [6, 6.07) is 18.6. The molecule has 3 N–H and O–H groups in total. The Bertz CT molecular complexity index is 1150. The number of nitrogens with two attached hydrogens (primary N) is 1. The van der Waals surface area contributed by atoms with Crippen LogP contribution < -0.4 is 16.1 Å². The van der Waals surface area contributed by atoms with Gasteiger partial charge in [-0.2, -0.15) is 10.2 Å². The highest BCUT2D eigenvalue weighted by Gasteiger charge is 2.34. The number of hydrogen-bond donors (Lipinski definition) is 2. The summed E-state index contributed by atoms with van der Waals surface area (Å²) < 4.78 is 1.94. The summed E-state index contributed by atoms with van der Waals surface area (Å²) >= 11 is 0. The van der Waals surface area contributed by atoms with Crippen molar-refractivity contribution in [2.45, 2.75) is 39.4 Å². The van der Waals surface area contributed by atoms with E-state index < -0.39 is 11.9 Å². The molecule has 0 unspecified atom stereocenters. The molecule has 1 atom stereocenters. The molecule has 1 aromatic heterocycles. The molecule has 32 heavy (non-hydrogen) atoms. The van der Waals surface area contributed by atoms with Crippen LogP contribution in [0.15, 0.2) is 65.8 Å². The van der Waals surface area contributed by atoms with Gasteiger partial charge in [-0.1, -0.05) is 48.5 Å². The lowest BCUT2D eigenvalue weighted by atomic mass is 10.1. The lowest BCUT2D eigenvalue weighted by Crippen LogP contribution is -2.39. The molecule has 0 aliphatic carbocycles. The molecule has 1 aliphatic rings. The van der Waals surface area contributed by atoms with Crippen LogP contribution in [0.2, 0.25) is 0 Å². The van der Waals surface area contributed by atoms with E-state index in [-0.39, 0.29) is 18.0 Å². The minimum Gasteiger partial charge on any atom is -0.368 e. The van der Waals surface area contributed by atoms with Gasteiger partial charge >= 0.3 is 0 Å². The van der Waals surface area contributed by atoms with Crippen molar-refractivity contribution in [2.24, 2.45) is 10.8 Å². The molecule has 0 bridgehead atoms. The number of hydrogen-bond acceptors (Lipinski definition) is 5. The van der Waals surface area contributed by atoms with Crippen molar-refractivity contribution in [1.82, 2.24) is 15.1 Å². The number of hydrazone groups is 1. The van der Waals surface area contributed by atoms with Crippen LogP contribution in [0.25, 0.3) is 0 Å². The number of aromatic nitrogens is 2. The number of amides is 2. The molecule has 0 spiro atoms. The van der Waals surface area contributed by atoms with Gasteiger partial charge in [-0.05, 0) is 31.5 Å². The van der Waals surface area contributed by atoms with E-state index in [4.69, 9.17) is 5.73 Å². The fourth-order valence-electron chi connectivity index (χ4n) is 3.86. The molecule has 2 heterocycles. The zero-order valence-electron chi connectivity index (χ0n) is 18.2. The number of nitrogens with zero attached hydrogens (tertiary/aromatic N) is 4. The van der Waals surface area contributed by atoms with Crippen LogP contribution in [0.4, 0.5) is 5.69 Å². The first-order chi connectivity index (χ1) is 15.4. The van der Waals surface area contributed by atoms with Gasteiger partial charge in [0, 0.05) is 24.2 Å². The molecule has 4 rings (SSSR count). The van der Waals surface area contributed by atoms with Crippen molar-refractivity contribution in [2.75, 3.05) is 5.01 Å². The number of primary amides is 1. The molecule has 0 saturated carbocycles. The fourth-order valence-corrected chi connectivity index (χ4v) is 3.86. The zero-order valence-corrected chi connectivity index (χ0v) is 18.2. The first-order valence-electron chi connectivity index (χ1n) is 10.5. The smallest absolute Gasteiger partial charge is 0.267 e. The van der Waals surface area contributed by atoms with Crippen LogP contribution in [0.3, 0.4) is 0 Å². The Morgan fingerprint density at radius 3 is 2.38 bits per heavy atom. The lowest BCUT2D eigenvalue weighted by Gasteiger charge is -2.20. The Labute approximate surface area is 186 Å². The molecule has 1 aliphatic heterocycles.